The van der Waals surface area contributed by atoms with Crippen molar-refractivity contribution in [3.8, 4) is 0 Å². The molecule has 1 aromatic heterocycles. The maximum atomic E-state index is 5.85. The van der Waals surface area contributed by atoms with Crippen LogP contribution in [-0.2, 0) is 6.54 Å². The van der Waals surface area contributed by atoms with Crippen LogP contribution in [0.5, 0.6) is 0 Å². The van der Waals surface area contributed by atoms with Crippen molar-refractivity contribution < 1.29 is 0 Å². The fraction of sp³-hybridized carbons (Fsp3) is 0.375. The van der Waals surface area contributed by atoms with E-state index < -0.39 is 0 Å². The molecule has 1 aromatic carbocycles. The number of anilines is 2. The first-order chi connectivity index (χ1) is 10.2. The highest BCUT2D eigenvalue weighted by Crippen LogP contribution is 2.24. The standard InChI is InChI=1S/C16H21N5/c1-12-14(20-16-15(17)18-8-9-19-16)7-10-21(12)11-13-5-3-2-4-6-13/h2-6,8-9,12,14H,7,10-11H2,1H3,(H2,17,18)(H,19,20). The Bertz CT molecular complexity index is 586. The highest BCUT2D eigenvalue weighted by atomic mass is 15.2. The third-order valence-electron chi connectivity index (χ3n) is 4.16. The average molecular weight is 283 g/mol. The summed E-state index contributed by atoms with van der Waals surface area (Å²) >= 11 is 0. The van der Waals surface area contributed by atoms with Crippen molar-refractivity contribution in [3.05, 3.63) is 48.3 Å². The van der Waals surface area contributed by atoms with Crippen LogP contribution in [0.2, 0.25) is 0 Å². The van der Waals surface area contributed by atoms with E-state index in [9.17, 15) is 0 Å². The van der Waals surface area contributed by atoms with Crippen LogP contribution in [0.15, 0.2) is 42.7 Å². The molecule has 3 N–H and O–H groups in total. The van der Waals surface area contributed by atoms with Crippen LogP contribution >= 0.6 is 0 Å². The maximum absolute atomic E-state index is 5.85. The van der Waals surface area contributed by atoms with Crippen molar-refractivity contribution in [1.29, 1.82) is 0 Å². The van der Waals surface area contributed by atoms with Gasteiger partial charge in [0.1, 0.15) is 0 Å². The Hall–Kier alpha value is -2.14. The van der Waals surface area contributed by atoms with Crippen LogP contribution in [0.1, 0.15) is 18.9 Å². The number of likely N-dealkylation sites (tertiary alicyclic amines) is 1. The number of nitrogens with one attached hydrogen (secondary N) is 1. The summed E-state index contributed by atoms with van der Waals surface area (Å²) in [5, 5.41) is 3.43. The number of hydrogen-bond donors (Lipinski definition) is 2. The zero-order valence-electron chi connectivity index (χ0n) is 12.2. The van der Waals surface area contributed by atoms with E-state index in [1.54, 1.807) is 12.4 Å². The largest absolute Gasteiger partial charge is 0.381 e. The Morgan fingerprint density at radius 1 is 1.24 bits per heavy atom. The predicted octanol–water partition coefficient (Wildman–Crippen LogP) is 2.13. The molecule has 3 rings (SSSR count). The Kier molecular flexibility index (Phi) is 4.01. The minimum Gasteiger partial charge on any atom is -0.381 e. The first kappa shape index (κ1) is 13.8. The van der Waals surface area contributed by atoms with Gasteiger partial charge in [0.05, 0.1) is 0 Å². The van der Waals surface area contributed by atoms with E-state index in [2.05, 4.69) is 57.4 Å². The summed E-state index contributed by atoms with van der Waals surface area (Å²) < 4.78 is 0. The van der Waals surface area contributed by atoms with Gasteiger partial charge in [0, 0.05) is 37.6 Å². The van der Waals surface area contributed by atoms with E-state index in [-0.39, 0.29) is 0 Å². The number of hydrogen-bond acceptors (Lipinski definition) is 5. The topological polar surface area (TPSA) is 67.1 Å². The van der Waals surface area contributed by atoms with Gasteiger partial charge in [0.15, 0.2) is 11.6 Å². The van der Waals surface area contributed by atoms with Crippen LogP contribution in [0, 0.1) is 0 Å². The number of nitrogens with zero attached hydrogens (tertiary/aromatic N) is 3. The van der Waals surface area contributed by atoms with Gasteiger partial charge in [-0.25, -0.2) is 9.97 Å². The molecule has 0 saturated carbocycles. The highest BCUT2D eigenvalue weighted by molar-refractivity contribution is 5.55. The van der Waals surface area contributed by atoms with Crippen LogP contribution in [-0.4, -0.2) is 33.5 Å². The van der Waals surface area contributed by atoms with Gasteiger partial charge < -0.3 is 11.1 Å². The molecule has 110 valence electrons. The first-order valence-corrected chi connectivity index (χ1v) is 7.35. The van der Waals surface area contributed by atoms with Crippen molar-refractivity contribution >= 4 is 11.6 Å². The summed E-state index contributed by atoms with van der Waals surface area (Å²) in [5.74, 6) is 1.15. The van der Waals surface area contributed by atoms with Gasteiger partial charge >= 0.3 is 0 Å². The molecule has 0 bridgehead atoms. The second-order valence-electron chi connectivity index (χ2n) is 5.53. The van der Waals surface area contributed by atoms with Crippen molar-refractivity contribution in [2.75, 3.05) is 17.6 Å². The van der Waals surface area contributed by atoms with Crippen molar-refractivity contribution in [2.45, 2.75) is 32.0 Å². The molecule has 1 aliphatic heterocycles. The SMILES string of the molecule is CC1C(Nc2nccnc2N)CCN1Cc1ccccc1. The molecular formula is C16H21N5. The molecule has 2 aromatic rings. The fourth-order valence-electron chi connectivity index (χ4n) is 2.87. The third-order valence-corrected chi connectivity index (χ3v) is 4.16. The zero-order chi connectivity index (χ0) is 14.7. The minimum absolute atomic E-state index is 0.354. The Morgan fingerprint density at radius 2 is 2.00 bits per heavy atom. The Morgan fingerprint density at radius 3 is 2.76 bits per heavy atom. The highest BCUT2D eigenvalue weighted by Gasteiger charge is 2.31. The lowest BCUT2D eigenvalue weighted by Gasteiger charge is -2.25. The predicted molar refractivity (Wildman–Crippen MR) is 84.8 cm³/mol. The second kappa shape index (κ2) is 6.10. The van der Waals surface area contributed by atoms with E-state index in [1.165, 1.54) is 5.56 Å². The number of nitrogens with two attached hydrogens (primary N) is 1. The molecule has 1 saturated heterocycles. The van der Waals surface area contributed by atoms with Gasteiger partial charge in [-0.3, -0.25) is 4.90 Å². The van der Waals surface area contributed by atoms with E-state index in [4.69, 9.17) is 5.73 Å². The molecular weight excluding hydrogens is 262 g/mol. The summed E-state index contributed by atoms with van der Waals surface area (Å²) in [6.45, 7) is 4.31. The van der Waals surface area contributed by atoms with Gasteiger partial charge in [-0.2, -0.15) is 0 Å². The molecule has 1 fully saturated rings. The monoisotopic (exact) mass is 283 g/mol. The number of nitrogen functional groups attached to an aromatic ring is 1. The Balaban J connectivity index is 1.64. The second-order valence-corrected chi connectivity index (χ2v) is 5.53. The molecule has 2 heterocycles. The summed E-state index contributed by atoms with van der Waals surface area (Å²) in [4.78, 5) is 10.8. The van der Waals surface area contributed by atoms with E-state index in [0.29, 0.717) is 23.7 Å². The van der Waals surface area contributed by atoms with Crippen molar-refractivity contribution in [1.82, 2.24) is 14.9 Å². The number of aromatic nitrogens is 2. The summed E-state index contributed by atoms with van der Waals surface area (Å²) in [7, 11) is 0. The number of benzene rings is 1. The molecule has 0 spiro atoms. The lowest BCUT2D eigenvalue weighted by Crippen LogP contribution is -2.36. The first-order valence-electron chi connectivity index (χ1n) is 7.35. The van der Waals surface area contributed by atoms with Crippen molar-refractivity contribution in [3.63, 3.8) is 0 Å². The molecule has 0 radical (unpaired) electrons. The van der Waals surface area contributed by atoms with Gasteiger partial charge in [0.2, 0.25) is 0 Å². The lowest BCUT2D eigenvalue weighted by atomic mass is 10.1. The summed E-state index contributed by atoms with van der Waals surface area (Å²) in [6, 6.07) is 11.4. The summed E-state index contributed by atoms with van der Waals surface area (Å²) in [5.41, 5.74) is 7.20. The molecule has 5 heteroatoms. The van der Waals surface area contributed by atoms with Gasteiger partial charge in [-0.15, -0.1) is 0 Å². The quantitative estimate of drug-likeness (QED) is 0.900. The molecule has 5 nitrogen and oxygen atoms in total. The maximum Gasteiger partial charge on any atom is 0.169 e. The fourth-order valence-corrected chi connectivity index (χ4v) is 2.87. The van der Waals surface area contributed by atoms with Gasteiger partial charge in [-0.05, 0) is 18.9 Å². The van der Waals surface area contributed by atoms with E-state index >= 15 is 0 Å². The van der Waals surface area contributed by atoms with Crippen LogP contribution in [0.4, 0.5) is 11.6 Å². The molecule has 2 atom stereocenters. The van der Waals surface area contributed by atoms with Crippen LogP contribution in [0.3, 0.4) is 0 Å². The minimum atomic E-state index is 0.354. The van der Waals surface area contributed by atoms with E-state index in [1.807, 2.05) is 0 Å². The smallest absolute Gasteiger partial charge is 0.169 e. The summed E-state index contributed by atoms with van der Waals surface area (Å²) in [6.07, 6.45) is 4.37. The van der Waals surface area contributed by atoms with Gasteiger partial charge in [0.25, 0.3) is 0 Å². The molecule has 2 unspecified atom stereocenters. The molecule has 1 aliphatic rings. The van der Waals surface area contributed by atoms with E-state index in [0.717, 1.165) is 19.5 Å². The van der Waals surface area contributed by atoms with Crippen molar-refractivity contribution in [2.24, 2.45) is 0 Å². The normalized spacial score (nSPS) is 22.3. The zero-order valence-corrected chi connectivity index (χ0v) is 12.2. The molecule has 0 aliphatic carbocycles. The molecule has 21 heavy (non-hydrogen) atoms. The third kappa shape index (κ3) is 3.13. The lowest BCUT2D eigenvalue weighted by molar-refractivity contribution is 0.255. The molecule has 0 amide bonds. The Labute approximate surface area is 125 Å². The van der Waals surface area contributed by atoms with Crippen LogP contribution < -0.4 is 11.1 Å². The average Bonchev–Trinajstić information content (AvgIpc) is 2.84. The van der Waals surface area contributed by atoms with Gasteiger partial charge in [-0.1, -0.05) is 30.3 Å². The number of rotatable bonds is 4. The van der Waals surface area contributed by atoms with Crippen LogP contribution in [0.25, 0.3) is 0 Å².